The average molecular weight is 725 g/mol. The quantitative estimate of drug-likeness (QED) is 0.0258. The molecular weight excluding hydrogens is 652 g/mol. The fourth-order valence-corrected chi connectivity index (χ4v) is 8.35. The van der Waals surface area contributed by atoms with E-state index in [1.807, 2.05) is 0 Å². The number of Topliss-reactive ketones (excluding diaryl/α,β-unsaturated/α-hetero) is 2. The summed E-state index contributed by atoms with van der Waals surface area (Å²) in [5.74, 6) is -3.23. The molecule has 294 valence electrons. The van der Waals surface area contributed by atoms with Gasteiger partial charge in [0.1, 0.15) is 5.75 Å². The molecule has 0 bridgehead atoms. The molecule has 0 radical (unpaired) electrons. The van der Waals surface area contributed by atoms with Gasteiger partial charge in [-0.15, -0.1) is 0 Å². The first-order valence-electron chi connectivity index (χ1n) is 21.6. The van der Waals surface area contributed by atoms with Crippen LogP contribution in [0.25, 0.3) is 0 Å². The second-order valence-corrected chi connectivity index (χ2v) is 15.8. The molecule has 1 atom stereocenters. The smallest absolute Gasteiger partial charge is 0.330 e. The number of benzene rings is 1. The first-order valence-corrected chi connectivity index (χ1v) is 21.6. The molecule has 52 heavy (non-hydrogen) atoms. The van der Waals surface area contributed by atoms with Crippen molar-refractivity contribution in [3.05, 3.63) is 28.5 Å². The molecule has 1 aliphatic carbocycles. The Labute approximate surface area is 315 Å². The van der Waals surface area contributed by atoms with Gasteiger partial charge in [0.2, 0.25) is 5.78 Å². The largest absolute Gasteiger partial charge is 0.504 e. The molecule has 1 aromatic rings. The maximum Gasteiger partial charge on any atom is 0.330 e. The molecular formula is C45H72O7. The van der Waals surface area contributed by atoms with Crippen molar-refractivity contribution in [3.63, 3.8) is 0 Å². The number of allylic oxidation sites excluding steroid dienone is 2. The highest BCUT2D eigenvalue weighted by molar-refractivity contribution is 6.21. The van der Waals surface area contributed by atoms with Gasteiger partial charge in [-0.3, -0.25) is 14.4 Å². The van der Waals surface area contributed by atoms with Gasteiger partial charge in [-0.2, -0.15) is 0 Å². The van der Waals surface area contributed by atoms with Crippen molar-refractivity contribution < 1.29 is 34.4 Å². The Hall–Kier alpha value is -2.83. The first-order chi connectivity index (χ1) is 25.3. The fraction of sp³-hybridized carbons (Fsp3) is 0.756. The lowest BCUT2D eigenvalue weighted by Gasteiger charge is -2.28. The summed E-state index contributed by atoms with van der Waals surface area (Å²) in [4.78, 5) is 41.0. The summed E-state index contributed by atoms with van der Waals surface area (Å²) in [5, 5.41) is 33.0. The summed E-state index contributed by atoms with van der Waals surface area (Å²) in [6.07, 6.45) is 32.0. The standard InChI is InChI=1S/C45H72O7/c1-3-5-7-9-11-13-15-17-19-21-23-25-27-30-35-37(46)32-29-33-45(43(50)42(35)49)40-36(41(48)38(47)34-39(40)52-44(45)51)31-28-26-24-22-20-18-16-14-12-10-8-6-4-2/h34,47-49H,3-33H2,1-2H3/b42-35+. The Morgan fingerprint density at radius 3 is 1.48 bits per heavy atom. The van der Waals surface area contributed by atoms with Gasteiger partial charge in [-0.05, 0) is 38.5 Å². The molecule has 7 heteroatoms. The number of ketones is 2. The molecule has 0 aromatic heterocycles. The van der Waals surface area contributed by atoms with Crippen LogP contribution < -0.4 is 4.74 Å². The van der Waals surface area contributed by atoms with Crippen LogP contribution in [-0.2, 0) is 26.2 Å². The van der Waals surface area contributed by atoms with Gasteiger partial charge in [0.25, 0.3) is 0 Å². The van der Waals surface area contributed by atoms with Crippen molar-refractivity contribution >= 4 is 17.5 Å². The minimum Gasteiger partial charge on any atom is -0.504 e. The van der Waals surface area contributed by atoms with Crippen molar-refractivity contribution in [2.75, 3.05) is 0 Å². The predicted molar refractivity (Wildman–Crippen MR) is 210 cm³/mol. The Morgan fingerprint density at radius 1 is 0.596 bits per heavy atom. The number of hydrogen-bond donors (Lipinski definition) is 3. The maximum absolute atomic E-state index is 14.2. The highest BCUT2D eigenvalue weighted by atomic mass is 16.5. The number of aliphatic hydroxyl groups is 1. The molecule has 0 amide bonds. The first kappa shape index (κ1) is 43.6. The van der Waals surface area contributed by atoms with Gasteiger partial charge in [-0.1, -0.05) is 168 Å². The number of aliphatic hydroxyl groups excluding tert-OH is 1. The zero-order chi connectivity index (χ0) is 37.6. The number of phenols is 2. The molecule has 1 heterocycles. The number of esters is 1. The van der Waals surface area contributed by atoms with Crippen molar-refractivity contribution in [2.24, 2.45) is 0 Å². The zero-order valence-electron chi connectivity index (χ0n) is 33.0. The SMILES string of the molecule is CCCCCCCCCCCCCCC/C1=C(\O)C(=O)C2(CCCC1=O)C(=O)Oc1cc(O)c(O)c(CCCCCCCCCCCCCCC)c12. The second kappa shape index (κ2) is 24.5. The van der Waals surface area contributed by atoms with Gasteiger partial charge in [0.05, 0.1) is 0 Å². The summed E-state index contributed by atoms with van der Waals surface area (Å²) in [6.45, 7) is 4.49. The number of carbonyl (C=O) groups is 3. The van der Waals surface area contributed by atoms with Gasteiger partial charge in [0.15, 0.2) is 28.5 Å². The van der Waals surface area contributed by atoms with Gasteiger partial charge >= 0.3 is 5.97 Å². The van der Waals surface area contributed by atoms with Crippen LogP contribution in [0.4, 0.5) is 0 Å². The van der Waals surface area contributed by atoms with Crippen molar-refractivity contribution in [2.45, 2.75) is 218 Å². The van der Waals surface area contributed by atoms with Crippen LogP contribution in [-0.4, -0.2) is 32.9 Å². The molecule has 1 aromatic carbocycles. The predicted octanol–water partition coefficient (Wildman–Crippen LogP) is 12.5. The van der Waals surface area contributed by atoms with E-state index in [2.05, 4.69) is 13.8 Å². The van der Waals surface area contributed by atoms with E-state index in [4.69, 9.17) is 4.74 Å². The van der Waals surface area contributed by atoms with Crippen LogP contribution in [0.15, 0.2) is 17.4 Å². The highest BCUT2D eigenvalue weighted by Gasteiger charge is 2.58. The minimum atomic E-state index is -1.85. The van der Waals surface area contributed by atoms with E-state index in [1.165, 1.54) is 122 Å². The third kappa shape index (κ3) is 12.9. The van der Waals surface area contributed by atoms with Crippen LogP contribution in [0, 0.1) is 0 Å². The summed E-state index contributed by atoms with van der Waals surface area (Å²) in [6, 6.07) is 1.19. The van der Waals surface area contributed by atoms with E-state index in [-0.39, 0.29) is 47.7 Å². The van der Waals surface area contributed by atoms with Gasteiger partial charge in [-0.25, -0.2) is 0 Å². The van der Waals surface area contributed by atoms with Crippen molar-refractivity contribution in [1.82, 2.24) is 0 Å². The lowest BCUT2D eigenvalue weighted by Crippen LogP contribution is -2.45. The summed E-state index contributed by atoms with van der Waals surface area (Å²) in [5.41, 5.74) is -1.17. The molecule has 7 nitrogen and oxygen atoms in total. The highest BCUT2D eigenvalue weighted by Crippen LogP contribution is 2.52. The van der Waals surface area contributed by atoms with Crippen LogP contribution >= 0.6 is 0 Å². The van der Waals surface area contributed by atoms with Crippen LogP contribution in [0.1, 0.15) is 218 Å². The average Bonchev–Trinajstić information content (AvgIpc) is 3.41. The molecule has 1 aliphatic heterocycles. The third-order valence-corrected chi connectivity index (χ3v) is 11.6. The van der Waals surface area contributed by atoms with Crippen molar-refractivity contribution in [1.29, 1.82) is 0 Å². The van der Waals surface area contributed by atoms with E-state index in [1.54, 1.807) is 0 Å². The fourth-order valence-electron chi connectivity index (χ4n) is 8.35. The number of unbranched alkanes of at least 4 members (excludes halogenated alkanes) is 24. The second-order valence-electron chi connectivity index (χ2n) is 15.8. The number of aromatic hydroxyl groups is 2. The Bertz CT molecular complexity index is 1280. The monoisotopic (exact) mass is 725 g/mol. The number of hydrogen-bond acceptors (Lipinski definition) is 7. The lowest BCUT2D eigenvalue weighted by atomic mass is 9.69. The Kier molecular flexibility index (Phi) is 20.5. The van der Waals surface area contributed by atoms with E-state index in [9.17, 15) is 29.7 Å². The molecule has 1 unspecified atom stereocenters. The zero-order valence-corrected chi connectivity index (χ0v) is 33.0. The maximum atomic E-state index is 14.2. The summed E-state index contributed by atoms with van der Waals surface area (Å²) >= 11 is 0. The molecule has 3 rings (SSSR count). The summed E-state index contributed by atoms with van der Waals surface area (Å²) < 4.78 is 5.61. The van der Waals surface area contributed by atoms with E-state index >= 15 is 0 Å². The molecule has 0 saturated heterocycles. The van der Waals surface area contributed by atoms with E-state index in [0.29, 0.717) is 31.2 Å². The van der Waals surface area contributed by atoms with Crippen LogP contribution in [0.3, 0.4) is 0 Å². The normalized spacial score (nSPS) is 18.9. The van der Waals surface area contributed by atoms with Gasteiger partial charge in [0, 0.05) is 29.2 Å². The molecule has 0 saturated carbocycles. The molecule has 3 N–H and O–H groups in total. The number of carbonyl (C=O) groups excluding carboxylic acids is 3. The molecule has 0 fully saturated rings. The molecule has 1 spiro atoms. The number of ether oxygens (including phenoxy) is 1. The Balaban J connectivity index is 1.56. The van der Waals surface area contributed by atoms with E-state index < -0.39 is 28.7 Å². The third-order valence-electron chi connectivity index (χ3n) is 11.6. The number of phenolic OH excluding ortho intramolecular Hbond substituents is 2. The van der Waals surface area contributed by atoms with Crippen LogP contribution in [0.2, 0.25) is 0 Å². The lowest BCUT2D eigenvalue weighted by molar-refractivity contribution is -0.144. The number of fused-ring (bicyclic) bond motifs is 2. The minimum absolute atomic E-state index is 0.00466. The molecule has 2 aliphatic rings. The number of rotatable bonds is 28. The van der Waals surface area contributed by atoms with Crippen molar-refractivity contribution in [3.8, 4) is 17.2 Å². The Morgan fingerprint density at radius 2 is 1.02 bits per heavy atom. The topological polar surface area (TPSA) is 121 Å². The van der Waals surface area contributed by atoms with E-state index in [0.717, 1.165) is 38.5 Å². The summed E-state index contributed by atoms with van der Waals surface area (Å²) in [7, 11) is 0. The van der Waals surface area contributed by atoms with Gasteiger partial charge < -0.3 is 20.1 Å². The van der Waals surface area contributed by atoms with Crippen LogP contribution in [0.5, 0.6) is 17.2 Å².